The third kappa shape index (κ3) is 2.97. The number of nitrogens with one attached hydrogen (secondary N) is 1. The van der Waals surface area contributed by atoms with Gasteiger partial charge >= 0.3 is 0 Å². The molecule has 1 heterocycles. The summed E-state index contributed by atoms with van der Waals surface area (Å²) >= 11 is 0. The Hall–Kier alpha value is -1.13. The maximum atomic E-state index is 12.2. The van der Waals surface area contributed by atoms with Crippen LogP contribution in [0, 0.1) is 6.92 Å². The Bertz CT molecular complexity index is 267. The summed E-state index contributed by atoms with van der Waals surface area (Å²) in [5.74, 6) is 0.512. The van der Waals surface area contributed by atoms with Crippen molar-refractivity contribution < 1.29 is 8.78 Å². The Morgan fingerprint density at radius 1 is 1.50 bits per heavy atom. The molecule has 0 amide bonds. The molecule has 1 aromatic rings. The molecule has 0 bridgehead atoms. The van der Waals surface area contributed by atoms with Gasteiger partial charge in [-0.1, -0.05) is 0 Å². The molecule has 0 radical (unpaired) electrons. The van der Waals surface area contributed by atoms with E-state index < -0.39 is 6.43 Å². The van der Waals surface area contributed by atoms with Crippen molar-refractivity contribution in [2.75, 3.05) is 5.32 Å². The number of halogens is 2. The quantitative estimate of drug-likeness (QED) is 0.813. The highest BCUT2D eigenvalue weighted by atomic mass is 19.3. The molecule has 0 unspecified atom stereocenters. The lowest BCUT2D eigenvalue weighted by Gasteiger charge is -2.11. The number of rotatable bonds is 4. The minimum atomic E-state index is -2.35. The number of imidazole rings is 1. The first-order chi connectivity index (χ1) is 6.49. The minimum absolute atomic E-state index is 0.188. The minimum Gasteiger partial charge on any atom is -0.353 e. The summed E-state index contributed by atoms with van der Waals surface area (Å²) in [5, 5.41) is 3.02. The van der Waals surface area contributed by atoms with Gasteiger partial charge in [-0.3, -0.25) is 0 Å². The van der Waals surface area contributed by atoms with E-state index in [1.807, 2.05) is 13.8 Å². The monoisotopic (exact) mass is 203 g/mol. The van der Waals surface area contributed by atoms with Crippen LogP contribution in [0.1, 0.15) is 19.5 Å². The fraction of sp³-hybridized carbons (Fsp3) is 0.667. The number of aryl methyl sites for hydroxylation is 1. The van der Waals surface area contributed by atoms with Gasteiger partial charge in [0.2, 0.25) is 5.95 Å². The molecule has 1 N–H and O–H groups in total. The van der Waals surface area contributed by atoms with E-state index in [0.717, 1.165) is 5.69 Å². The lowest BCUT2D eigenvalue weighted by Crippen LogP contribution is -2.16. The van der Waals surface area contributed by atoms with Gasteiger partial charge in [-0.2, -0.15) is 0 Å². The van der Waals surface area contributed by atoms with Crippen LogP contribution in [0.25, 0.3) is 0 Å². The predicted octanol–water partition coefficient (Wildman–Crippen LogP) is 2.28. The van der Waals surface area contributed by atoms with Crippen LogP contribution in [0.15, 0.2) is 6.20 Å². The van der Waals surface area contributed by atoms with Crippen LogP contribution in [0.5, 0.6) is 0 Å². The molecule has 0 saturated carbocycles. The molecule has 0 saturated heterocycles. The SMILES string of the molecule is Cc1cn(CC(F)F)c(NC(C)C)n1. The van der Waals surface area contributed by atoms with Crippen molar-refractivity contribution in [3.8, 4) is 0 Å². The average molecular weight is 203 g/mol. The van der Waals surface area contributed by atoms with E-state index >= 15 is 0 Å². The van der Waals surface area contributed by atoms with E-state index in [0.29, 0.717) is 5.95 Å². The maximum absolute atomic E-state index is 12.2. The summed E-state index contributed by atoms with van der Waals surface area (Å²) in [6.07, 6.45) is -0.729. The average Bonchev–Trinajstić information content (AvgIpc) is 2.28. The van der Waals surface area contributed by atoms with Crippen molar-refractivity contribution in [1.82, 2.24) is 9.55 Å². The van der Waals surface area contributed by atoms with Gasteiger partial charge in [0.1, 0.15) is 0 Å². The normalized spacial score (nSPS) is 11.4. The molecule has 14 heavy (non-hydrogen) atoms. The van der Waals surface area contributed by atoms with Crippen molar-refractivity contribution in [2.45, 2.75) is 39.8 Å². The van der Waals surface area contributed by atoms with E-state index in [-0.39, 0.29) is 12.6 Å². The molecule has 80 valence electrons. The summed E-state index contributed by atoms with van der Waals surface area (Å²) in [6, 6.07) is 0.188. The summed E-state index contributed by atoms with van der Waals surface area (Å²) in [7, 11) is 0. The lowest BCUT2D eigenvalue weighted by molar-refractivity contribution is 0.127. The van der Waals surface area contributed by atoms with Gasteiger partial charge in [0.05, 0.1) is 12.2 Å². The topological polar surface area (TPSA) is 29.9 Å². The van der Waals surface area contributed by atoms with Gasteiger partial charge in [0, 0.05) is 12.2 Å². The summed E-state index contributed by atoms with van der Waals surface area (Å²) in [4.78, 5) is 4.12. The molecule has 0 aliphatic heterocycles. The molecule has 3 nitrogen and oxygen atoms in total. The first-order valence-electron chi connectivity index (χ1n) is 4.57. The molecular weight excluding hydrogens is 188 g/mol. The van der Waals surface area contributed by atoms with Crippen molar-refractivity contribution in [2.24, 2.45) is 0 Å². The number of anilines is 1. The second-order valence-electron chi connectivity index (χ2n) is 3.55. The Balaban J connectivity index is 2.80. The largest absolute Gasteiger partial charge is 0.353 e. The first kappa shape index (κ1) is 10.9. The van der Waals surface area contributed by atoms with Crippen molar-refractivity contribution in [3.05, 3.63) is 11.9 Å². The molecule has 1 aromatic heterocycles. The molecule has 0 fully saturated rings. The van der Waals surface area contributed by atoms with Crippen LogP contribution in [0.3, 0.4) is 0 Å². The second-order valence-corrected chi connectivity index (χ2v) is 3.55. The number of alkyl halides is 2. The predicted molar refractivity (Wildman–Crippen MR) is 51.7 cm³/mol. The van der Waals surface area contributed by atoms with Crippen LogP contribution < -0.4 is 5.32 Å². The van der Waals surface area contributed by atoms with Gasteiger partial charge in [0.15, 0.2) is 0 Å². The highest BCUT2D eigenvalue weighted by Crippen LogP contribution is 2.11. The third-order valence-corrected chi connectivity index (χ3v) is 1.65. The summed E-state index contributed by atoms with van der Waals surface area (Å²) in [6.45, 7) is 5.36. The van der Waals surface area contributed by atoms with Crippen LogP contribution in [0.2, 0.25) is 0 Å². The van der Waals surface area contributed by atoms with E-state index in [1.54, 1.807) is 13.1 Å². The standard InChI is InChI=1S/C9H15F2N3/c1-6(2)12-9-13-7(3)4-14(9)5-8(10)11/h4,6,8H,5H2,1-3H3,(H,12,13). The molecule has 0 atom stereocenters. The van der Waals surface area contributed by atoms with Crippen LogP contribution in [-0.2, 0) is 6.54 Å². The maximum Gasteiger partial charge on any atom is 0.256 e. The molecule has 1 rings (SSSR count). The zero-order valence-corrected chi connectivity index (χ0v) is 8.59. The zero-order valence-electron chi connectivity index (χ0n) is 8.59. The number of hydrogen-bond acceptors (Lipinski definition) is 2. The van der Waals surface area contributed by atoms with Crippen molar-refractivity contribution in [3.63, 3.8) is 0 Å². The van der Waals surface area contributed by atoms with Gasteiger partial charge in [-0.05, 0) is 20.8 Å². The van der Waals surface area contributed by atoms with Crippen LogP contribution in [0.4, 0.5) is 14.7 Å². The van der Waals surface area contributed by atoms with Crippen LogP contribution in [-0.4, -0.2) is 22.0 Å². The van der Waals surface area contributed by atoms with E-state index in [4.69, 9.17) is 0 Å². The molecule has 0 aromatic carbocycles. The fourth-order valence-corrected chi connectivity index (χ4v) is 1.21. The molecule has 0 aliphatic carbocycles. The molecule has 0 aliphatic rings. The van der Waals surface area contributed by atoms with E-state index in [9.17, 15) is 8.78 Å². The van der Waals surface area contributed by atoms with Crippen molar-refractivity contribution >= 4 is 5.95 Å². The van der Waals surface area contributed by atoms with Gasteiger partial charge < -0.3 is 9.88 Å². The van der Waals surface area contributed by atoms with E-state index in [2.05, 4.69) is 10.3 Å². The Kier molecular flexibility index (Phi) is 3.43. The van der Waals surface area contributed by atoms with Gasteiger partial charge in [-0.15, -0.1) is 0 Å². The highest BCUT2D eigenvalue weighted by molar-refractivity contribution is 5.29. The Morgan fingerprint density at radius 2 is 2.14 bits per heavy atom. The highest BCUT2D eigenvalue weighted by Gasteiger charge is 2.10. The number of aromatic nitrogens is 2. The Labute approximate surface area is 82.1 Å². The third-order valence-electron chi connectivity index (χ3n) is 1.65. The number of hydrogen-bond donors (Lipinski definition) is 1. The fourth-order valence-electron chi connectivity index (χ4n) is 1.21. The van der Waals surface area contributed by atoms with Crippen LogP contribution >= 0.6 is 0 Å². The van der Waals surface area contributed by atoms with Gasteiger partial charge in [0.25, 0.3) is 6.43 Å². The zero-order chi connectivity index (χ0) is 10.7. The molecule has 5 heteroatoms. The molecular formula is C9H15F2N3. The summed E-state index contributed by atoms with van der Waals surface area (Å²) < 4.78 is 25.8. The summed E-state index contributed by atoms with van der Waals surface area (Å²) in [5.41, 5.74) is 0.744. The second kappa shape index (κ2) is 4.39. The smallest absolute Gasteiger partial charge is 0.256 e. The number of nitrogens with zero attached hydrogens (tertiary/aromatic N) is 2. The lowest BCUT2D eigenvalue weighted by atomic mass is 10.4. The molecule has 0 spiro atoms. The Morgan fingerprint density at radius 3 is 2.64 bits per heavy atom. The first-order valence-corrected chi connectivity index (χ1v) is 4.57. The van der Waals surface area contributed by atoms with E-state index in [1.165, 1.54) is 4.57 Å². The van der Waals surface area contributed by atoms with Crippen molar-refractivity contribution in [1.29, 1.82) is 0 Å². The van der Waals surface area contributed by atoms with Gasteiger partial charge in [-0.25, -0.2) is 13.8 Å².